The van der Waals surface area contributed by atoms with Gasteiger partial charge in [-0.15, -0.1) is 36.0 Å². The molecule has 0 saturated heterocycles. The molecule has 0 bridgehead atoms. The van der Waals surface area contributed by atoms with Crippen LogP contribution in [-0.4, -0.2) is 20.3 Å². The minimum absolute atomic E-state index is 0. The Morgan fingerprint density at radius 1 is 0.795 bits per heavy atom. The van der Waals surface area contributed by atoms with Crippen LogP contribution in [0.15, 0.2) is 104 Å². The van der Waals surface area contributed by atoms with Gasteiger partial charge in [0.05, 0.1) is 11.3 Å². The van der Waals surface area contributed by atoms with E-state index >= 15 is 0 Å². The van der Waals surface area contributed by atoms with Crippen LogP contribution >= 0.6 is 0 Å². The molecule has 0 spiro atoms. The van der Waals surface area contributed by atoms with Crippen molar-refractivity contribution in [2.75, 3.05) is 4.90 Å². The van der Waals surface area contributed by atoms with Crippen LogP contribution in [0.3, 0.4) is 0 Å². The van der Waals surface area contributed by atoms with E-state index in [0.29, 0.717) is 17.5 Å². The molecule has 0 atom stereocenters. The summed E-state index contributed by atoms with van der Waals surface area (Å²) in [7, 11) is 0. The Hall–Kier alpha value is -4.08. The summed E-state index contributed by atoms with van der Waals surface area (Å²) in [6.07, 6.45) is 6.20. The summed E-state index contributed by atoms with van der Waals surface area (Å²) in [5.74, 6) is 1.25. The smallest absolute Gasteiger partial charge is 0.0771 e. The van der Waals surface area contributed by atoms with Gasteiger partial charge < -0.3 is 18.9 Å². The standard InChI is InChI=1S/C33H25N4O.Pt/c1-23(2)35-17-18-36(22-35)25-11-8-12-26(19-25)38-27-15-16-28-29-13-6-7-14-32(29)37-21-31(24-9-4-3-5-10-24)34-33(37)30(28)20-27;/h3-18,21-23H,1-2H3;/q-3;. The van der Waals surface area contributed by atoms with Crippen LogP contribution in [0.25, 0.3) is 38.6 Å². The molecule has 0 fully saturated rings. The van der Waals surface area contributed by atoms with Gasteiger partial charge in [0.2, 0.25) is 0 Å². The van der Waals surface area contributed by atoms with Crippen molar-refractivity contribution in [3.63, 3.8) is 0 Å². The molecule has 0 N–H and O–H groups in total. The van der Waals surface area contributed by atoms with Crippen LogP contribution in [0.2, 0.25) is 0 Å². The van der Waals surface area contributed by atoms with Gasteiger partial charge in [-0.1, -0.05) is 65.4 Å². The Bertz CT molecular complexity index is 1830. The first-order valence-corrected chi connectivity index (χ1v) is 12.7. The van der Waals surface area contributed by atoms with Crippen molar-refractivity contribution < 1.29 is 25.8 Å². The number of benzene rings is 4. The fourth-order valence-corrected chi connectivity index (χ4v) is 4.92. The summed E-state index contributed by atoms with van der Waals surface area (Å²) >= 11 is 0. The predicted molar refractivity (Wildman–Crippen MR) is 153 cm³/mol. The zero-order chi connectivity index (χ0) is 25.6. The summed E-state index contributed by atoms with van der Waals surface area (Å²) in [6, 6.07) is 35.9. The Labute approximate surface area is 242 Å². The maximum atomic E-state index is 6.29. The average molecular weight is 689 g/mol. The predicted octanol–water partition coefficient (Wildman–Crippen LogP) is 7.82. The van der Waals surface area contributed by atoms with Gasteiger partial charge in [-0.3, -0.25) is 4.98 Å². The van der Waals surface area contributed by atoms with E-state index in [1.54, 1.807) is 0 Å². The molecule has 7 rings (SSSR count). The molecule has 196 valence electrons. The van der Waals surface area contributed by atoms with Gasteiger partial charge >= 0.3 is 0 Å². The van der Waals surface area contributed by atoms with Gasteiger partial charge in [0.1, 0.15) is 0 Å². The molecular formula is C33H25N4OPt-3. The normalized spacial score (nSPS) is 13.1. The van der Waals surface area contributed by atoms with E-state index in [-0.39, 0.29) is 21.1 Å². The number of imidazole rings is 1. The van der Waals surface area contributed by atoms with E-state index in [0.717, 1.165) is 44.3 Å². The monoisotopic (exact) mass is 688 g/mol. The summed E-state index contributed by atoms with van der Waals surface area (Å²) < 4.78 is 8.44. The SMILES string of the molecule is CC(C)N1C=CN(c2[c-]c(Oc3[c-]c4c(cc3)c3ccccc3n3cc(-c5ccccc5)nc43)ccc2)[CH-]1.[Pt]. The molecule has 39 heavy (non-hydrogen) atoms. The third-order valence-corrected chi connectivity index (χ3v) is 6.88. The van der Waals surface area contributed by atoms with Gasteiger partial charge in [0, 0.05) is 49.8 Å². The van der Waals surface area contributed by atoms with Crippen molar-refractivity contribution >= 4 is 33.0 Å². The maximum Gasteiger partial charge on any atom is 0.0771 e. The van der Waals surface area contributed by atoms with Crippen molar-refractivity contribution in [1.29, 1.82) is 0 Å². The van der Waals surface area contributed by atoms with Crippen molar-refractivity contribution in [3.8, 4) is 22.8 Å². The second-order valence-electron chi connectivity index (χ2n) is 9.68. The van der Waals surface area contributed by atoms with E-state index in [4.69, 9.17) is 9.72 Å². The van der Waals surface area contributed by atoms with E-state index in [1.165, 1.54) is 0 Å². The molecule has 3 heterocycles. The molecule has 1 aliphatic rings. The maximum absolute atomic E-state index is 6.29. The minimum Gasteiger partial charge on any atom is -0.506 e. The number of nitrogens with zero attached hydrogens (tertiary/aromatic N) is 4. The topological polar surface area (TPSA) is 33.0 Å². The van der Waals surface area contributed by atoms with Crippen LogP contribution in [0.5, 0.6) is 11.5 Å². The van der Waals surface area contributed by atoms with Gasteiger partial charge in [-0.25, -0.2) is 0 Å². The number of pyridine rings is 1. The first-order chi connectivity index (χ1) is 18.6. The molecule has 0 saturated carbocycles. The van der Waals surface area contributed by atoms with Crippen LogP contribution in [0.1, 0.15) is 13.8 Å². The zero-order valence-electron chi connectivity index (χ0n) is 21.5. The van der Waals surface area contributed by atoms with Crippen LogP contribution in [0.4, 0.5) is 5.69 Å². The van der Waals surface area contributed by atoms with E-state index in [2.05, 4.69) is 96.8 Å². The Morgan fingerprint density at radius 3 is 2.41 bits per heavy atom. The number of para-hydroxylation sites is 1. The summed E-state index contributed by atoms with van der Waals surface area (Å²) in [6.45, 7) is 6.38. The molecule has 4 aromatic carbocycles. The molecule has 0 aliphatic carbocycles. The Kier molecular flexibility index (Phi) is 6.62. The van der Waals surface area contributed by atoms with Crippen molar-refractivity contribution in [2.45, 2.75) is 19.9 Å². The third kappa shape index (κ3) is 4.57. The van der Waals surface area contributed by atoms with Crippen LogP contribution < -0.4 is 9.64 Å². The number of aromatic nitrogens is 2. The molecule has 6 aromatic rings. The van der Waals surface area contributed by atoms with Crippen molar-refractivity contribution in [1.82, 2.24) is 14.3 Å². The van der Waals surface area contributed by atoms with E-state index < -0.39 is 0 Å². The fourth-order valence-electron chi connectivity index (χ4n) is 4.92. The number of hydrogen-bond acceptors (Lipinski definition) is 4. The van der Waals surface area contributed by atoms with E-state index in [1.807, 2.05) is 53.6 Å². The molecule has 5 nitrogen and oxygen atoms in total. The molecule has 0 amide bonds. The molecule has 0 radical (unpaired) electrons. The summed E-state index contributed by atoms with van der Waals surface area (Å²) in [4.78, 5) is 9.24. The molecule has 2 aromatic heterocycles. The summed E-state index contributed by atoms with van der Waals surface area (Å²) in [5, 5.41) is 3.16. The van der Waals surface area contributed by atoms with Crippen LogP contribution in [0, 0.1) is 18.8 Å². The Morgan fingerprint density at radius 2 is 1.59 bits per heavy atom. The number of fused-ring (bicyclic) bond motifs is 6. The number of rotatable bonds is 5. The number of hydrogen-bond donors (Lipinski definition) is 0. The van der Waals surface area contributed by atoms with Gasteiger partial charge in [0.25, 0.3) is 0 Å². The second kappa shape index (κ2) is 10.2. The molecular weight excluding hydrogens is 663 g/mol. The molecule has 6 heteroatoms. The van der Waals surface area contributed by atoms with Crippen molar-refractivity contribution in [2.24, 2.45) is 0 Å². The van der Waals surface area contributed by atoms with Gasteiger partial charge in [0.15, 0.2) is 0 Å². The van der Waals surface area contributed by atoms with Gasteiger partial charge in [-0.05, 0) is 43.7 Å². The third-order valence-electron chi connectivity index (χ3n) is 6.88. The van der Waals surface area contributed by atoms with Gasteiger partial charge in [-0.2, -0.15) is 12.7 Å². The summed E-state index contributed by atoms with van der Waals surface area (Å²) in [5.41, 5.74) is 4.88. The molecule has 1 aliphatic heterocycles. The average Bonchev–Trinajstić information content (AvgIpc) is 3.63. The number of ether oxygens (including phenoxy) is 1. The molecule has 0 unspecified atom stereocenters. The zero-order valence-corrected chi connectivity index (χ0v) is 23.8. The van der Waals surface area contributed by atoms with Crippen molar-refractivity contribution in [3.05, 3.63) is 122 Å². The largest absolute Gasteiger partial charge is 0.506 e. The number of anilines is 1. The van der Waals surface area contributed by atoms with E-state index in [9.17, 15) is 0 Å². The first-order valence-electron chi connectivity index (χ1n) is 12.7. The fraction of sp³-hybridized carbons (Fsp3) is 0.0909. The minimum atomic E-state index is 0. The van der Waals surface area contributed by atoms with Crippen LogP contribution in [-0.2, 0) is 21.1 Å². The quantitative estimate of drug-likeness (QED) is 0.137. The Balaban J connectivity index is 0.00000277. The first kappa shape index (κ1) is 25.2. The second-order valence-corrected chi connectivity index (χ2v) is 9.68.